The molecule has 0 bridgehead atoms. The second-order valence-corrected chi connectivity index (χ2v) is 7.82. The van der Waals surface area contributed by atoms with Crippen LogP contribution in [0, 0.1) is 11.7 Å². The molecule has 0 radical (unpaired) electrons. The van der Waals surface area contributed by atoms with E-state index in [1.165, 1.54) is 12.1 Å². The van der Waals surface area contributed by atoms with E-state index in [0.29, 0.717) is 48.8 Å². The largest absolute Gasteiger partial charge is 0.381 e. The van der Waals surface area contributed by atoms with Crippen molar-refractivity contribution in [3.63, 3.8) is 0 Å². The minimum atomic E-state index is -0.326. The predicted octanol–water partition coefficient (Wildman–Crippen LogP) is 4.36. The standard InChI is InChI=1S/C25H25FN4O3/c1-27-24(31)19-12-18(13-22(14-19)29-21-4-2-20(26)3-5-21)17-6-9-28-23(15-17)30-25(32)16-7-10-33-11-8-16/h2-6,9,12-16,29H,7-8,10-11H2,1H3,(H,27,31)(H,28,30,32). The fraction of sp³-hybridized carbons (Fsp3) is 0.240. The number of anilines is 3. The first-order valence-corrected chi connectivity index (χ1v) is 10.8. The fourth-order valence-electron chi connectivity index (χ4n) is 3.71. The van der Waals surface area contributed by atoms with Gasteiger partial charge in [-0.15, -0.1) is 0 Å². The summed E-state index contributed by atoms with van der Waals surface area (Å²) in [6.45, 7) is 1.17. The van der Waals surface area contributed by atoms with Crippen molar-refractivity contribution in [2.24, 2.45) is 5.92 Å². The van der Waals surface area contributed by atoms with Crippen LogP contribution >= 0.6 is 0 Å². The zero-order valence-corrected chi connectivity index (χ0v) is 18.2. The molecule has 7 nitrogen and oxygen atoms in total. The number of aromatic nitrogens is 1. The summed E-state index contributed by atoms with van der Waals surface area (Å²) in [6.07, 6.45) is 3.00. The zero-order chi connectivity index (χ0) is 23.2. The van der Waals surface area contributed by atoms with Gasteiger partial charge in [0.25, 0.3) is 5.91 Å². The maximum absolute atomic E-state index is 13.3. The number of carbonyl (C=O) groups is 2. The molecule has 1 aliphatic heterocycles. The molecule has 1 saturated heterocycles. The highest BCUT2D eigenvalue weighted by molar-refractivity contribution is 5.97. The van der Waals surface area contributed by atoms with E-state index >= 15 is 0 Å². The molecular weight excluding hydrogens is 423 g/mol. The molecule has 0 saturated carbocycles. The topological polar surface area (TPSA) is 92.4 Å². The quantitative estimate of drug-likeness (QED) is 0.521. The lowest BCUT2D eigenvalue weighted by Crippen LogP contribution is -2.28. The smallest absolute Gasteiger partial charge is 0.251 e. The van der Waals surface area contributed by atoms with Crippen LogP contribution in [0.1, 0.15) is 23.2 Å². The van der Waals surface area contributed by atoms with Crippen molar-refractivity contribution in [2.75, 3.05) is 30.9 Å². The van der Waals surface area contributed by atoms with Gasteiger partial charge in [0.15, 0.2) is 0 Å². The Bertz CT molecular complexity index is 1140. The normalized spacial score (nSPS) is 13.9. The zero-order valence-electron chi connectivity index (χ0n) is 18.2. The number of hydrogen-bond donors (Lipinski definition) is 3. The third-order valence-corrected chi connectivity index (χ3v) is 5.49. The first-order chi connectivity index (χ1) is 16.0. The average molecular weight is 448 g/mol. The summed E-state index contributed by atoms with van der Waals surface area (Å²) in [5, 5.41) is 8.74. The Morgan fingerprint density at radius 3 is 2.45 bits per heavy atom. The number of carbonyl (C=O) groups excluding carboxylic acids is 2. The van der Waals surface area contributed by atoms with E-state index in [-0.39, 0.29) is 23.5 Å². The lowest BCUT2D eigenvalue weighted by molar-refractivity contribution is -0.122. The lowest BCUT2D eigenvalue weighted by atomic mass is 9.99. The fourth-order valence-corrected chi connectivity index (χ4v) is 3.71. The summed E-state index contributed by atoms with van der Waals surface area (Å²) in [5.74, 6) is -0.274. The summed E-state index contributed by atoms with van der Waals surface area (Å²) in [4.78, 5) is 29.2. The number of benzene rings is 2. The summed E-state index contributed by atoms with van der Waals surface area (Å²) < 4.78 is 18.6. The Kier molecular flexibility index (Phi) is 6.95. The van der Waals surface area contributed by atoms with Crippen LogP contribution in [-0.4, -0.2) is 37.1 Å². The number of ether oxygens (including phenoxy) is 1. The van der Waals surface area contributed by atoms with Crippen molar-refractivity contribution < 1.29 is 18.7 Å². The molecule has 0 spiro atoms. The highest BCUT2D eigenvalue weighted by atomic mass is 19.1. The van der Waals surface area contributed by atoms with Crippen molar-refractivity contribution in [1.82, 2.24) is 10.3 Å². The third-order valence-electron chi connectivity index (χ3n) is 5.49. The van der Waals surface area contributed by atoms with Gasteiger partial charge in [-0.1, -0.05) is 0 Å². The first-order valence-electron chi connectivity index (χ1n) is 10.8. The molecule has 2 amide bonds. The van der Waals surface area contributed by atoms with Gasteiger partial charge < -0.3 is 20.7 Å². The van der Waals surface area contributed by atoms with Crippen molar-refractivity contribution in [3.05, 3.63) is 72.2 Å². The summed E-state index contributed by atoms with van der Waals surface area (Å²) in [6, 6.07) is 14.9. The van der Waals surface area contributed by atoms with Crippen LogP contribution in [0.5, 0.6) is 0 Å². The summed E-state index contributed by atoms with van der Waals surface area (Å²) in [7, 11) is 1.57. The van der Waals surface area contributed by atoms with Gasteiger partial charge in [0.05, 0.1) is 0 Å². The highest BCUT2D eigenvalue weighted by Crippen LogP contribution is 2.28. The van der Waals surface area contributed by atoms with Gasteiger partial charge in [-0.2, -0.15) is 0 Å². The van der Waals surface area contributed by atoms with Gasteiger partial charge in [-0.25, -0.2) is 9.37 Å². The van der Waals surface area contributed by atoms with Crippen LogP contribution in [0.15, 0.2) is 60.8 Å². The summed E-state index contributed by atoms with van der Waals surface area (Å²) in [5.41, 5.74) is 3.38. The highest BCUT2D eigenvalue weighted by Gasteiger charge is 2.22. The van der Waals surface area contributed by atoms with Gasteiger partial charge in [0.2, 0.25) is 5.91 Å². The Labute approximate surface area is 191 Å². The second-order valence-electron chi connectivity index (χ2n) is 7.82. The number of halogens is 1. The monoisotopic (exact) mass is 448 g/mol. The van der Waals surface area contributed by atoms with E-state index in [1.807, 2.05) is 12.1 Å². The van der Waals surface area contributed by atoms with Crippen LogP contribution in [0.25, 0.3) is 11.1 Å². The first kappa shape index (κ1) is 22.4. The van der Waals surface area contributed by atoms with Crippen molar-refractivity contribution >= 4 is 29.0 Å². The predicted molar refractivity (Wildman–Crippen MR) is 125 cm³/mol. The molecule has 0 unspecified atom stereocenters. The number of hydrogen-bond acceptors (Lipinski definition) is 5. The molecule has 0 aliphatic carbocycles. The van der Waals surface area contributed by atoms with E-state index < -0.39 is 0 Å². The lowest BCUT2D eigenvalue weighted by Gasteiger charge is -2.21. The number of amides is 2. The maximum atomic E-state index is 13.3. The Morgan fingerprint density at radius 2 is 1.73 bits per heavy atom. The number of nitrogens with zero attached hydrogens (tertiary/aromatic N) is 1. The molecule has 2 aromatic carbocycles. The molecule has 170 valence electrons. The minimum Gasteiger partial charge on any atom is -0.381 e. The Morgan fingerprint density at radius 1 is 0.970 bits per heavy atom. The molecule has 33 heavy (non-hydrogen) atoms. The minimum absolute atomic E-state index is 0.0688. The van der Waals surface area contributed by atoms with Gasteiger partial charge in [0, 0.05) is 49.3 Å². The SMILES string of the molecule is CNC(=O)c1cc(Nc2ccc(F)cc2)cc(-c2ccnc(NC(=O)C3CCOCC3)c2)c1. The van der Waals surface area contributed by atoms with Crippen molar-refractivity contribution in [2.45, 2.75) is 12.8 Å². The molecule has 1 aromatic heterocycles. The number of rotatable bonds is 6. The van der Waals surface area contributed by atoms with E-state index in [2.05, 4.69) is 20.9 Å². The van der Waals surface area contributed by atoms with Gasteiger partial charge in [0.1, 0.15) is 11.6 Å². The molecule has 8 heteroatoms. The molecule has 3 N–H and O–H groups in total. The van der Waals surface area contributed by atoms with Crippen molar-refractivity contribution in [1.29, 1.82) is 0 Å². The Hall–Kier alpha value is -3.78. The van der Waals surface area contributed by atoms with Crippen molar-refractivity contribution in [3.8, 4) is 11.1 Å². The van der Waals surface area contributed by atoms with Crippen LogP contribution in [0.2, 0.25) is 0 Å². The molecule has 2 heterocycles. The second kappa shape index (κ2) is 10.2. The van der Waals surface area contributed by atoms with Crippen LogP contribution in [0.3, 0.4) is 0 Å². The molecule has 1 aliphatic rings. The van der Waals surface area contributed by atoms with E-state index in [9.17, 15) is 14.0 Å². The molecule has 4 rings (SSSR count). The Balaban J connectivity index is 1.61. The molecular formula is C25H25FN4O3. The van der Waals surface area contributed by atoms with Crippen LogP contribution < -0.4 is 16.0 Å². The number of nitrogens with one attached hydrogen (secondary N) is 3. The maximum Gasteiger partial charge on any atom is 0.251 e. The van der Waals surface area contributed by atoms with Gasteiger partial charge >= 0.3 is 0 Å². The summed E-state index contributed by atoms with van der Waals surface area (Å²) >= 11 is 0. The van der Waals surface area contributed by atoms with Crippen LogP contribution in [-0.2, 0) is 9.53 Å². The van der Waals surface area contributed by atoms with Crippen LogP contribution in [0.4, 0.5) is 21.6 Å². The van der Waals surface area contributed by atoms with Gasteiger partial charge in [-0.3, -0.25) is 9.59 Å². The van der Waals surface area contributed by atoms with Gasteiger partial charge in [-0.05, 0) is 78.6 Å². The number of pyridine rings is 1. The van der Waals surface area contributed by atoms with E-state index in [1.54, 1.807) is 43.6 Å². The van der Waals surface area contributed by atoms with E-state index in [4.69, 9.17) is 4.74 Å². The molecule has 1 fully saturated rings. The third kappa shape index (κ3) is 5.72. The molecule has 3 aromatic rings. The molecule has 0 atom stereocenters. The average Bonchev–Trinajstić information content (AvgIpc) is 2.85. The van der Waals surface area contributed by atoms with E-state index in [0.717, 1.165) is 11.1 Å².